The largest absolute Gasteiger partial charge is 0.151 e. The Morgan fingerprint density at radius 3 is 2.00 bits per heavy atom. The van der Waals surface area contributed by atoms with Crippen molar-refractivity contribution < 1.29 is 0 Å². The molecule has 16 heavy (non-hydrogen) atoms. The molecule has 2 nitrogen and oxygen atoms in total. The molecule has 0 fully saturated rings. The molecule has 0 N–H and O–H groups in total. The quantitative estimate of drug-likeness (QED) is 0.347. The van der Waals surface area contributed by atoms with Crippen molar-refractivity contribution in [2.24, 2.45) is 10.6 Å². The van der Waals surface area contributed by atoms with Gasteiger partial charge in [0.2, 0.25) is 0 Å². The Bertz CT molecular complexity index is 166. The van der Waals surface area contributed by atoms with E-state index in [1.165, 1.54) is 51.4 Å². The lowest BCUT2D eigenvalue weighted by Gasteiger charge is -2.22. The molecule has 0 bridgehead atoms. The summed E-state index contributed by atoms with van der Waals surface area (Å²) in [5.74, 6) is 0. The lowest BCUT2D eigenvalue weighted by molar-refractivity contribution is 0.299. The number of hydrogen-bond donors (Lipinski definition) is 0. The highest BCUT2D eigenvalue weighted by atomic mass is 16.3. The van der Waals surface area contributed by atoms with Crippen LogP contribution in [-0.2, 0) is 0 Å². The third-order valence-corrected chi connectivity index (χ3v) is 3.34. The lowest BCUT2D eigenvalue weighted by Crippen LogP contribution is -2.12. The van der Waals surface area contributed by atoms with Crippen LogP contribution in [0.5, 0.6) is 0 Å². The van der Waals surface area contributed by atoms with Crippen molar-refractivity contribution in [1.82, 2.24) is 0 Å². The molecule has 0 amide bonds. The van der Waals surface area contributed by atoms with Gasteiger partial charge in [-0.1, -0.05) is 70.9 Å². The second-order valence-electron chi connectivity index (χ2n) is 5.64. The van der Waals surface area contributed by atoms with Crippen molar-refractivity contribution in [3.63, 3.8) is 0 Å². The molecule has 0 rings (SSSR count). The first-order chi connectivity index (χ1) is 7.62. The molecule has 0 aliphatic carbocycles. The van der Waals surface area contributed by atoms with Crippen LogP contribution < -0.4 is 0 Å². The standard InChI is InChI=1S/C14H29NO/c1-4-5-6-7-8-9-10-11-14(2,3)12-13-15-16/h4-13H2,1-3H3. The average Bonchev–Trinajstić information content (AvgIpc) is 2.25. The predicted molar refractivity (Wildman–Crippen MR) is 71.7 cm³/mol. The van der Waals surface area contributed by atoms with Crippen LogP contribution in [0.2, 0.25) is 0 Å². The molecule has 0 radical (unpaired) electrons. The summed E-state index contributed by atoms with van der Waals surface area (Å²) < 4.78 is 0. The molecule has 0 saturated heterocycles. The average molecular weight is 227 g/mol. The van der Waals surface area contributed by atoms with Gasteiger partial charge >= 0.3 is 0 Å². The molecule has 2 heteroatoms. The minimum absolute atomic E-state index is 0.303. The molecular weight excluding hydrogens is 198 g/mol. The molecule has 0 aromatic carbocycles. The fourth-order valence-corrected chi connectivity index (χ4v) is 2.03. The summed E-state index contributed by atoms with van der Waals surface area (Å²) in [6.45, 7) is 7.22. The molecule has 0 aliphatic heterocycles. The molecular formula is C14H29NO. The van der Waals surface area contributed by atoms with Crippen LogP contribution in [0.1, 0.15) is 78.6 Å². The Labute approximate surface area is 101 Å². The lowest BCUT2D eigenvalue weighted by atomic mass is 9.83. The SMILES string of the molecule is CCCCCCCCCC(C)(C)CCN=O. The molecule has 0 aliphatic rings. The second kappa shape index (κ2) is 9.80. The van der Waals surface area contributed by atoms with Gasteiger partial charge in [-0.05, 0) is 18.3 Å². The van der Waals surface area contributed by atoms with Crippen LogP contribution in [0.4, 0.5) is 0 Å². The van der Waals surface area contributed by atoms with Gasteiger partial charge in [0.25, 0.3) is 0 Å². The fourth-order valence-electron chi connectivity index (χ4n) is 2.03. The minimum atomic E-state index is 0.303. The van der Waals surface area contributed by atoms with Crippen LogP contribution in [0, 0.1) is 10.3 Å². The number of nitroso groups, excluding NO2 is 1. The molecule has 0 saturated carbocycles. The van der Waals surface area contributed by atoms with Crippen LogP contribution in [-0.4, -0.2) is 6.54 Å². The third-order valence-electron chi connectivity index (χ3n) is 3.34. The van der Waals surface area contributed by atoms with Crippen molar-refractivity contribution in [2.45, 2.75) is 78.6 Å². The van der Waals surface area contributed by atoms with Gasteiger partial charge in [-0.3, -0.25) is 0 Å². The van der Waals surface area contributed by atoms with Crippen LogP contribution in [0.15, 0.2) is 5.18 Å². The summed E-state index contributed by atoms with van der Waals surface area (Å²) in [6.07, 6.45) is 11.7. The smallest absolute Gasteiger partial charge is 0.0816 e. The zero-order valence-corrected chi connectivity index (χ0v) is 11.4. The summed E-state index contributed by atoms with van der Waals surface area (Å²) in [4.78, 5) is 10.1. The first-order valence-electron chi connectivity index (χ1n) is 6.91. The van der Waals surface area contributed by atoms with E-state index in [9.17, 15) is 4.91 Å². The summed E-state index contributed by atoms with van der Waals surface area (Å²) in [5.41, 5.74) is 0.303. The van der Waals surface area contributed by atoms with Gasteiger partial charge in [0.15, 0.2) is 0 Å². The second-order valence-corrected chi connectivity index (χ2v) is 5.64. The predicted octanol–water partition coefficient (Wildman–Crippen LogP) is 5.31. The van der Waals surface area contributed by atoms with Crippen molar-refractivity contribution in [3.05, 3.63) is 4.91 Å². The van der Waals surface area contributed by atoms with Crippen LogP contribution in [0.25, 0.3) is 0 Å². The summed E-state index contributed by atoms with van der Waals surface area (Å²) >= 11 is 0. The van der Waals surface area contributed by atoms with E-state index >= 15 is 0 Å². The molecule has 0 unspecified atom stereocenters. The van der Waals surface area contributed by atoms with Gasteiger partial charge in [0.1, 0.15) is 0 Å². The van der Waals surface area contributed by atoms with E-state index in [0.29, 0.717) is 12.0 Å². The Morgan fingerprint density at radius 2 is 1.44 bits per heavy atom. The van der Waals surface area contributed by atoms with Crippen molar-refractivity contribution >= 4 is 0 Å². The van der Waals surface area contributed by atoms with Gasteiger partial charge < -0.3 is 0 Å². The van der Waals surface area contributed by atoms with Crippen LogP contribution >= 0.6 is 0 Å². The molecule has 0 atom stereocenters. The highest BCUT2D eigenvalue weighted by molar-refractivity contribution is 4.69. The van der Waals surface area contributed by atoms with Crippen molar-refractivity contribution in [3.8, 4) is 0 Å². The number of nitrogens with zero attached hydrogens (tertiary/aromatic N) is 1. The van der Waals surface area contributed by atoms with E-state index in [-0.39, 0.29) is 0 Å². The maximum absolute atomic E-state index is 10.1. The maximum Gasteiger partial charge on any atom is 0.0816 e. The van der Waals surface area contributed by atoms with Crippen molar-refractivity contribution in [1.29, 1.82) is 0 Å². The molecule has 0 aromatic rings. The van der Waals surface area contributed by atoms with E-state index in [2.05, 4.69) is 25.9 Å². The maximum atomic E-state index is 10.1. The molecule has 0 heterocycles. The minimum Gasteiger partial charge on any atom is -0.151 e. The first kappa shape index (κ1) is 15.6. The Morgan fingerprint density at radius 1 is 0.875 bits per heavy atom. The summed E-state index contributed by atoms with van der Waals surface area (Å²) in [5, 5.41) is 2.95. The van der Waals surface area contributed by atoms with E-state index in [4.69, 9.17) is 0 Å². The van der Waals surface area contributed by atoms with Gasteiger partial charge in [-0.25, -0.2) is 0 Å². The topological polar surface area (TPSA) is 29.4 Å². The van der Waals surface area contributed by atoms with Gasteiger partial charge in [0.05, 0.1) is 6.54 Å². The zero-order valence-electron chi connectivity index (χ0n) is 11.4. The Balaban J connectivity index is 3.32. The monoisotopic (exact) mass is 227 g/mol. The normalized spacial score (nSPS) is 11.7. The number of rotatable bonds is 11. The third kappa shape index (κ3) is 10.1. The molecule has 0 aromatic heterocycles. The van der Waals surface area contributed by atoms with E-state index < -0.39 is 0 Å². The van der Waals surface area contributed by atoms with Gasteiger partial charge in [0, 0.05) is 0 Å². The number of unbranched alkanes of at least 4 members (excludes halogenated alkanes) is 6. The highest BCUT2D eigenvalue weighted by Crippen LogP contribution is 2.27. The van der Waals surface area contributed by atoms with E-state index in [1.807, 2.05) is 0 Å². The van der Waals surface area contributed by atoms with E-state index in [0.717, 1.165) is 6.42 Å². The van der Waals surface area contributed by atoms with Gasteiger partial charge in [-0.15, -0.1) is 0 Å². The van der Waals surface area contributed by atoms with Gasteiger partial charge in [-0.2, -0.15) is 4.91 Å². The number of hydrogen-bond acceptors (Lipinski definition) is 2. The molecule has 0 spiro atoms. The Hall–Kier alpha value is -0.400. The fraction of sp³-hybridized carbons (Fsp3) is 1.00. The Kier molecular flexibility index (Phi) is 9.55. The highest BCUT2D eigenvalue weighted by Gasteiger charge is 2.16. The zero-order chi connectivity index (χ0) is 12.3. The molecule has 96 valence electrons. The first-order valence-corrected chi connectivity index (χ1v) is 6.91. The van der Waals surface area contributed by atoms with Crippen molar-refractivity contribution in [2.75, 3.05) is 6.54 Å². The van der Waals surface area contributed by atoms with Crippen LogP contribution in [0.3, 0.4) is 0 Å². The van der Waals surface area contributed by atoms with E-state index in [1.54, 1.807) is 0 Å². The summed E-state index contributed by atoms with van der Waals surface area (Å²) in [6, 6.07) is 0. The summed E-state index contributed by atoms with van der Waals surface area (Å²) in [7, 11) is 0.